The molecule has 5 nitrogen and oxygen atoms in total. The molecular formula is C24H24N4OS2. The van der Waals surface area contributed by atoms with E-state index in [1.807, 2.05) is 73.9 Å². The summed E-state index contributed by atoms with van der Waals surface area (Å²) in [5.41, 5.74) is 4.05. The Labute approximate surface area is 190 Å². The minimum absolute atomic E-state index is 0.0561. The van der Waals surface area contributed by atoms with Crippen LogP contribution in [0.15, 0.2) is 71.2 Å². The molecule has 0 bridgehead atoms. The van der Waals surface area contributed by atoms with E-state index in [9.17, 15) is 4.79 Å². The molecule has 1 atom stereocenters. The molecule has 0 saturated heterocycles. The third kappa shape index (κ3) is 5.06. The van der Waals surface area contributed by atoms with Crippen LogP contribution in [0, 0.1) is 13.8 Å². The molecule has 0 saturated carbocycles. The van der Waals surface area contributed by atoms with Crippen LogP contribution in [0.25, 0.3) is 5.69 Å². The van der Waals surface area contributed by atoms with Crippen LogP contribution in [0.2, 0.25) is 0 Å². The second kappa shape index (κ2) is 9.49. The molecule has 1 unspecified atom stereocenters. The van der Waals surface area contributed by atoms with Gasteiger partial charge in [0, 0.05) is 22.7 Å². The van der Waals surface area contributed by atoms with Gasteiger partial charge in [-0.3, -0.25) is 9.36 Å². The van der Waals surface area contributed by atoms with Gasteiger partial charge in [-0.15, -0.1) is 21.5 Å². The molecule has 2 aromatic carbocycles. The second-order valence-corrected chi connectivity index (χ2v) is 9.73. The maximum atomic E-state index is 12.9. The van der Waals surface area contributed by atoms with Crippen LogP contribution in [0.5, 0.6) is 0 Å². The highest BCUT2D eigenvalue weighted by Crippen LogP contribution is 2.28. The molecule has 4 aromatic rings. The molecule has 0 aliphatic heterocycles. The monoisotopic (exact) mass is 448 g/mol. The number of nitrogens with one attached hydrogen (secondary N) is 1. The fourth-order valence-electron chi connectivity index (χ4n) is 3.30. The van der Waals surface area contributed by atoms with Crippen molar-refractivity contribution < 1.29 is 4.79 Å². The van der Waals surface area contributed by atoms with Gasteiger partial charge < -0.3 is 5.32 Å². The quantitative estimate of drug-likeness (QED) is 0.371. The molecule has 0 fully saturated rings. The van der Waals surface area contributed by atoms with Crippen molar-refractivity contribution in [2.75, 3.05) is 5.32 Å². The van der Waals surface area contributed by atoms with E-state index in [0.29, 0.717) is 11.6 Å². The Morgan fingerprint density at radius 2 is 1.90 bits per heavy atom. The molecule has 31 heavy (non-hydrogen) atoms. The smallest absolute Gasteiger partial charge is 0.237 e. The Kier molecular flexibility index (Phi) is 6.53. The minimum atomic E-state index is -0.332. The number of para-hydroxylation sites is 1. The first-order valence-corrected chi connectivity index (χ1v) is 11.8. The number of rotatable bonds is 7. The van der Waals surface area contributed by atoms with Crippen molar-refractivity contribution in [3.8, 4) is 5.69 Å². The van der Waals surface area contributed by atoms with Crippen LogP contribution < -0.4 is 5.32 Å². The Bertz CT molecular complexity index is 1170. The van der Waals surface area contributed by atoms with E-state index in [4.69, 9.17) is 0 Å². The molecule has 1 N–H and O–H groups in total. The highest BCUT2D eigenvalue weighted by molar-refractivity contribution is 8.00. The predicted octanol–water partition coefficient (Wildman–Crippen LogP) is 5.66. The maximum absolute atomic E-state index is 12.9. The number of hydrogen-bond donors (Lipinski definition) is 1. The molecule has 1 amide bonds. The Balaban J connectivity index is 1.57. The minimum Gasteiger partial charge on any atom is -0.325 e. The van der Waals surface area contributed by atoms with Crippen LogP contribution >= 0.6 is 23.1 Å². The summed E-state index contributed by atoms with van der Waals surface area (Å²) in [6.07, 6.45) is 0.698. The number of thiophene rings is 1. The highest BCUT2D eigenvalue weighted by atomic mass is 32.2. The zero-order valence-corrected chi connectivity index (χ0v) is 19.3. The van der Waals surface area contributed by atoms with Gasteiger partial charge in [0.15, 0.2) is 5.16 Å². The van der Waals surface area contributed by atoms with Crippen LogP contribution in [0.1, 0.15) is 28.8 Å². The van der Waals surface area contributed by atoms with Gasteiger partial charge in [0.2, 0.25) is 5.91 Å². The van der Waals surface area contributed by atoms with Crippen LogP contribution in [0.4, 0.5) is 5.69 Å². The summed E-state index contributed by atoms with van der Waals surface area (Å²) in [7, 11) is 0. The lowest BCUT2D eigenvalue weighted by atomic mass is 10.1. The number of carbonyl (C=O) groups is 1. The topological polar surface area (TPSA) is 59.8 Å². The summed E-state index contributed by atoms with van der Waals surface area (Å²) in [4.78, 5) is 14.1. The zero-order chi connectivity index (χ0) is 21.8. The van der Waals surface area contributed by atoms with Gasteiger partial charge in [0.05, 0.1) is 5.25 Å². The number of aryl methyl sites for hydroxylation is 2. The van der Waals surface area contributed by atoms with Gasteiger partial charge in [0.25, 0.3) is 0 Å². The lowest BCUT2D eigenvalue weighted by Gasteiger charge is -2.15. The molecule has 0 radical (unpaired) electrons. The van der Waals surface area contributed by atoms with Gasteiger partial charge in [-0.2, -0.15) is 0 Å². The Morgan fingerprint density at radius 3 is 2.61 bits per heavy atom. The van der Waals surface area contributed by atoms with E-state index in [1.165, 1.54) is 22.2 Å². The SMILES string of the molecule is Cc1ccc(NC(=O)C(C)Sc2nnc(Cc3cccs3)n2-c2ccccc2)c(C)c1. The summed E-state index contributed by atoms with van der Waals surface area (Å²) >= 11 is 3.12. The summed E-state index contributed by atoms with van der Waals surface area (Å²) < 4.78 is 2.05. The molecule has 4 rings (SSSR count). The maximum Gasteiger partial charge on any atom is 0.237 e. The van der Waals surface area contributed by atoms with Crippen LogP contribution in [0.3, 0.4) is 0 Å². The first-order valence-electron chi connectivity index (χ1n) is 10.1. The molecule has 0 spiro atoms. The number of hydrogen-bond acceptors (Lipinski definition) is 5. The Hall–Kier alpha value is -2.90. The predicted molar refractivity (Wildman–Crippen MR) is 128 cm³/mol. The fraction of sp³-hybridized carbons (Fsp3) is 0.208. The lowest BCUT2D eigenvalue weighted by molar-refractivity contribution is -0.115. The van der Waals surface area contributed by atoms with Gasteiger partial charge in [-0.05, 0) is 56.0 Å². The standard InChI is InChI=1S/C24H24N4OS2/c1-16-11-12-21(17(2)14-16)25-23(29)18(3)31-24-27-26-22(15-20-10-7-13-30-20)28(24)19-8-5-4-6-9-19/h4-14,18H,15H2,1-3H3,(H,25,29). The number of aromatic nitrogens is 3. The average Bonchev–Trinajstić information content (AvgIpc) is 3.41. The lowest BCUT2D eigenvalue weighted by Crippen LogP contribution is -2.23. The molecule has 158 valence electrons. The van der Waals surface area contributed by atoms with Crippen molar-refractivity contribution in [3.63, 3.8) is 0 Å². The summed E-state index contributed by atoms with van der Waals surface area (Å²) in [5.74, 6) is 0.803. The molecule has 0 aliphatic rings. The number of benzene rings is 2. The number of anilines is 1. The van der Waals surface area contributed by atoms with Gasteiger partial charge in [-0.25, -0.2) is 0 Å². The van der Waals surface area contributed by atoms with Gasteiger partial charge in [-0.1, -0.05) is 53.7 Å². The van der Waals surface area contributed by atoms with Crippen LogP contribution in [-0.2, 0) is 11.2 Å². The van der Waals surface area contributed by atoms with Gasteiger partial charge in [0.1, 0.15) is 5.82 Å². The second-order valence-electron chi connectivity index (χ2n) is 7.39. The molecular weight excluding hydrogens is 424 g/mol. The number of amides is 1. The summed E-state index contributed by atoms with van der Waals surface area (Å²) in [6, 6.07) is 20.2. The Morgan fingerprint density at radius 1 is 1.10 bits per heavy atom. The fourth-order valence-corrected chi connectivity index (χ4v) is 4.88. The normalized spacial score (nSPS) is 12.0. The van der Waals surface area contributed by atoms with Crippen molar-refractivity contribution in [1.29, 1.82) is 0 Å². The number of carbonyl (C=O) groups excluding carboxylic acids is 1. The van der Waals surface area contributed by atoms with Crippen molar-refractivity contribution in [2.24, 2.45) is 0 Å². The summed E-state index contributed by atoms with van der Waals surface area (Å²) in [6.45, 7) is 5.94. The van der Waals surface area contributed by atoms with E-state index in [1.54, 1.807) is 11.3 Å². The third-order valence-corrected chi connectivity index (χ3v) is 6.84. The highest BCUT2D eigenvalue weighted by Gasteiger charge is 2.22. The first kappa shape index (κ1) is 21.3. The molecule has 0 aliphatic carbocycles. The van der Waals surface area contributed by atoms with E-state index in [2.05, 4.69) is 33.0 Å². The van der Waals surface area contributed by atoms with E-state index >= 15 is 0 Å². The van der Waals surface area contributed by atoms with Gasteiger partial charge >= 0.3 is 0 Å². The number of thioether (sulfide) groups is 1. The zero-order valence-electron chi connectivity index (χ0n) is 17.7. The largest absolute Gasteiger partial charge is 0.325 e. The van der Waals surface area contributed by atoms with Crippen molar-refractivity contribution in [2.45, 2.75) is 37.6 Å². The third-order valence-electron chi connectivity index (χ3n) is 4.92. The van der Waals surface area contributed by atoms with E-state index in [-0.39, 0.29) is 11.2 Å². The van der Waals surface area contributed by atoms with Crippen LogP contribution in [-0.4, -0.2) is 25.9 Å². The molecule has 2 aromatic heterocycles. The molecule has 7 heteroatoms. The van der Waals surface area contributed by atoms with Crippen molar-refractivity contribution in [1.82, 2.24) is 14.8 Å². The first-order chi connectivity index (χ1) is 15.0. The van der Waals surface area contributed by atoms with Crippen molar-refractivity contribution >= 4 is 34.7 Å². The van der Waals surface area contributed by atoms with Crippen molar-refractivity contribution in [3.05, 3.63) is 87.9 Å². The average molecular weight is 449 g/mol. The summed E-state index contributed by atoms with van der Waals surface area (Å²) in [5, 5.41) is 14.4. The number of nitrogens with zero attached hydrogens (tertiary/aromatic N) is 3. The van der Waals surface area contributed by atoms with E-state index in [0.717, 1.165) is 22.8 Å². The van der Waals surface area contributed by atoms with E-state index < -0.39 is 0 Å². The molecule has 2 heterocycles.